The van der Waals surface area contributed by atoms with E-state index in [1.807, 2.05) is 4.90 Å². The fraction of sp³-hybridized carbons (Fsp3) is 0.500. The normalized spacial score (nSPS) is 19.7. The number of nitrogens with zero attached hydrogens (tertiary/aromatic N) is 2. The lowest BCUT2D eigenvalue weighted by molar-refractivity contribution is -0.00280. The SMILES string of the molecule is CCC1COCCN1C(=O)c1ccnc(NN)c1. The molecule has 1 aromatic rings. The molecule has 18 heavy (non-hydrogen) atoms. The van der Waals surface area contributed by atoms with Crippen molar-refractivity contribution in [3.63, 3.8) is 0 Å². The second kappa shape index (κ2) is 5.79. The summed E-state index contributed by atoms with van der Waals surface area (Å²) < 4.78 is 5.40. The third-order valence-electron chi connectivity index (χ3n) is 3.11. The van der Waals surface area contributed by atoms with Gasteiger partial charge in [0.25, 0.3) is 5.91 Å². The van der Waals surface area contributed by atoms with Crippen molar-refractivity contribution in [2.45, 2.75) is 19.4 Å². The molecule has 3 N–H and O–H groups in total. The molecule has 1 aliphatic heterocycles. The lowest BCUT2D eigenvalue weighted by Gasteiger charge is -2.35. The van der Waals surface area contributed by atoms with Crippen molar-refractivity contribution in [2.24, 2.45) is 5.84 Å². The highest BCUT2D eigenvalue weighted by Gasteiger charge is 2.26. The van der Waals surface area contributed by atoms with Crippen molar-refractivity contribution in [3.05, 3.63) is 23.9 Å². The number of nitrogens with one attached hydrogen (secondary N) is 1. The average molecular weight is 250 g/mol. The standard InChI is InChI=1S/C12H18N4O2/c1-2-10-8-18-6-5-16(10)12(17)9-3-4-14-11(7-9)15-13/h3-4,7,10H,2,5-6,8,13H2,1H3,(H,14,15). The summed E-state index contributed by atoms with van der Waals surface area (Å²) in [5.74, 6) is 5.79. The van der Waals surface area contributed by atoms with E-state index in [9.17, 15) is 4.79 Å². The van der Waals surface area contributed by atoms with Gasteiger partial charge in [-0.1, -0.05) is 6.92 Å². The van der Waals surface area contributed by atoms with Gasteiger partial charge in [-0.25, -0.2) is 10.8 Å². The van der Waals surface area contributed by atoms with Gasteiger partial charge in [0.15, 0.2) is 0 Å². The van der Waals surface area contributed by atoms with Gasteiger partial charge in [0.1, 0.15) is 5.82 Å². The van der Waals surface area contributed by atoms with Crippen LogP contribution in [0.5, 0.6) is 0 Å². The molecule has 0 radical (unpaired) electrons. The minimum absolute atomic E-state index is 0.00375. The van der Waals surface area contributed by atoms with E-state index in [2.05, 4.69) is 17.3 Å². The molecule has 1 aromatic heterocycles. The van der Waals surface area contributed by atoms with Crippen LogP contribution in [0.3, 0.4) is 0 Å². The third kappa shape index (κ3) is 2.60. The number of ether oxygens (including phenoxy) is 1. The highest BCUT2D eigenvalue weighted by atomic mass is 16.5. The molecule has 0 saturated carbocycles. The molecule has 2 rings (SSSR count). The number of hydrogen-bond donors (Lipinski definition) is 2. The number of carbonyl (C=O) groups excluding carboxylic acids is 1. The maximum Gasteiger partial charge on any atom is 0.254 e. The van der Waals surface area contributed by atoms with E-state index < -0.39 is 0 Å². The summed E-state index contributed by atoms with van der Waals surface area (Å²) in [5.41, 5.74) is 3.04. The molecule has 1 atom stereocenters. The van der Waals surface area contributed by atoms with Gasteiger partial charge < -0.3 is 15.1 Å². The summed E-state index contributed by atoms with van der Waals surface area (Å²) in [6.07, 6.45) is 2.46. The van der Waals surface area contributed by atoms with Crippen LogP contribution >= 0.6 is 0 Å². The first-order valence-corrected chi connectivity index (χ1v) is 6.07. The molecule has 1 fully saturated rings. The molecule has 0 spiro atoms. The number of carbonyl (C=O) groups is 1. The topological polar surface area (TPSA) is 80.5 Å². The quantitative estimate of drug-likeness (QED) is 0.607. The third-order valence-corrected chi connectivity index (χ3v) is 3.11. The van der Waals surface area contributed by atoms with E-state index >= 15 is 0 Å². The molecule has 1 amide bonds. The summed E-state index contributed by atoms with van der Waals surface area (Å²) in [4.78, 5) is 18.3. The van der Waals surface area contributed by atoms with Crippen molar-refractivity contribution in [1.82, 2.24) is 9.88 Å². The Kier molecular flexibility index (Phi) is 4.11. The van der Waals surface area contributed by atoms with Crippen LogP contribution in [-0.4, -0.2) is 41.6 Å². The number of amides is 1. The van der Waals surface area contributed by atoms with Gasteiger partial charge in [-0.3, -0.25) is 4.79 Å². The fourth-order valence-corrected chi connectivity index (χ4v) is 2.07. The zero-order valence-corrected chi connectivity index (χ0v) is 10.4. The lowest BCUT2D eigenvalue weighted by atomic mass is 10.1. The molecule has 0 aromatic carbocycles. The van der Waals surface area contributed by atoms with Crippen molar-refractivity contribution in [1.29, 1.82) is 0 Å². The Balaban J connectivity index is 2.18. The number of aromatic nitrogens is 1. The van der Waals surface area contributed by atoms with E-state index in [4.69, 9.17) is 10.6 Å². The number of anilines is 1. The van der Waals surface area contributed by atoms with E-state index in [0.717, 1.165) is 6.42 Å². The zero-order chi connectivity index (χ0) is 13.0. The number of morpholine rings is 1. The molecular formula is C12H18N4O2. The zero-order valence-electron chi connectivity index (χ0n) is 10.4. The number of nitrogen functional groups attached to an aromatic ring is 1. The first-order valence-electron chi connectivity index (χ1n) is 6.07. The van der Waals surface area contributed by atoms with E-state index in [1.165, 1.54) is 0 Å². The van der Waals surface area contributed by atoms with Crippen LogP contribution in [0.25, 0.3) is 0 Å². The predicted molar refractivity (Wildman–Crippen MR) is 68.0 cm³/mol. The van der Waals surface area contributed by atoms with Gasteiger partial charge in [0.2, 0.25) is 0 Å². The van der Waals surface area contributed by atoms with Crippen molar-refractivity contribution < 1.29 is 9.53 Å². The second-order valence-corrected chi connectivity index (χ2v) is 4.21. The van der Waals surface area contributed by atoms with Gasteiger partial charge in [-0.05, 0) is 18.6 Å². The lowest BCUT2D eigenvalue weighted by Crippen LogP contribution is -2.48. The number of rotatable bonds is 3. The number of nitrogens with two attached hydrogens (primary N) is 1. The highest BCUT2D eigenvalue weighted by molar-refractivity contribution is 5.95. The fourth-order valence-electron chi connectivity index (χ4n) is 2.07. The van der Waals surface area contributed by atoms with Crippen LogP contribution in [0.2, 0.25) is 0 Å². The molecule has 0 bridgehead atoms. The van der Waals surface area contributed by atoms with Crippen molar-refractivity contribution in [3.8, 4) is 0 Å². The average Bonchev–Trinajstić information content (AvgIpc) is 2.46. The number of hydrogen-bond acceptors (Lipinski definition) is 5. The van der Waals surface area contributed by atoms with Crippen molar-refractivity contribution >= 4 is 11.7 Å². The minimum Gasteiger partial charge on any atom is -0.377 e. The molecule has 1 unspecified atom stereocenters. The minimum atomic E-state index is 0.00375. The maximum absolute atomic E-state index is 12.4. The van der Waals surface area contributed by atoms with Crippen LogP contribution in [0.15, 0.2) is 18.3 Å². The van der Waals surface area contributed by atoms with Crippen LogP contribution in [0, 0.1) is 0 Å². The number of hydrazine groups is 1. The van der Waals surface area contributed by atoms with E-state index in [1.54, 1.807) is 18.3 Å². The molecule has 98 valence electrons. The number of pyridine rings is 1. The molecule has 6 nitrogen and oxygen atoms in total. The first-order chi connectivity index (χ1) is 8.76. The van der Waals surface area contributed by atoms with Gasteiger partial charge in [0, 0.05) is 18.3 Å². The maximum atomic E-state index is 12.4. The van der Waals surface area contributed by atoms with Gasteiger partial charge in [-0.15, -0.1) is 0 Å². The Bertz CT molecular complexity index is 424. The molecule has 6 heteroatoms. The molecule has 1 aliphatic rings. The Morgan fingerprint density at radius 1 is 1.72 bits per heavy atom. The molecule has 0 aliphatic carbocycles. The van der Waals surface area contributed by atoms with Crippen molar-refractivity contribution in [2.75, 3.05) is 25.2 Å². The summed E-state index contributed by atoms with van der Waals surface area (Å²) in [6.45, 7) is 3.88. The second-order valence-electron chi connectivity index (χ2n) is 4.21. The van der Waals surface area contributed by atoms with Gasteiger partial charge >= 0.3 is 0 Å². The highest BCUT2D eigenvalue weighted by Crippen LogP contribution is 2.15. The largest absolute Gasteiger partial charge is 0.377 e. The van der Waals surface area contributed by atoms with Crippen LogP contribution in [-0.2, 0) is 4.74 Å². The smallest absolute Gasteiger partial charge is 0.254 e. The molecule has 2 heterocycles. The summed E-state index contributed by atoms with van der Waals surface area (Å²) in [6, 6.07) is 3.50. The van der Waals surface area contributed by atoms with Crippen LogP contribution in [0.1, 0.15) is 23.7 Å². The summed E-state index contributed by atoms with van der Waals surface area (Å²) in [5, 5.41) is 0. The summed E-state index contributed by atoms with van der Waals surface area (Å²) >= 11 is 0. The Morgan fingerprint density at radius 3 is 3.28 bits per heavy atom. The van der Waals surface area contributed by atoms with Gasteiger partial charge in [-0.2, -0.15) is 0 Å². The Morgan fingerprint density at radius 2 is 2.56 bits per heavy atom. The predicted octanol–water partition coefficient (Wildman–Crippen LogP) is 0.618. The van der Waals surface area contributed by atoms with E-state index in [-0.39, 0.29) is 11.9 Å². The van der Waals surface area contributed by atoms with E-state index in [0.29, 0.717) is 31.1 Å². The first kappa shape index (κ1) is 12.8. The molecular weight excluding hydrogens is 232 g/mol. The van der Waals surface area contributed by atoms with Crippen LogP contribution < -0.4 is 11.3 Å². The monoisotopic (exact) mass is 250 g/mol. The Hall–Kier alpha value is -1.66. The molecule has 1 saturated heterocycles. The van der Waals surface area contributed by atoms with Gasteiger partial charge in [0.05, 0.1) is 19.3 Å². The van der Waals surface area contributed by atoms with Crippen LogP contribution in [0.4, 0.5) is 5.82 Å². The summed E-state index contributed by atoms with van der Waals surface area (Å²) in [7, 11) is 0. The Labute approximate surface area is 106 Å².